The van der Waals surface area contributed by atoms with E-state index < -0.39 is 23.5 Å². The van der Waals surface area contributed by atoms with Gasteiger partial charge in [0, 0.05) is 10.0 Å². The lowest BCUT2D eigenvalue weighted by molar-refractivity contribution is -0.133. The number of nitrogens with one attached hydrogen (secondary N) is 1. The number of Topliss-reactive ketones (excluding diaryl/α,β-unsaturated/α-hetero) is 1. The second-order valence-corrected chi connectivity index (χ2v) is 5.97. The number of hydrogen-bond donors (Lipinski definition) is 2. The molecule has 0 radical (unpaired) electrons. The molecule has 116 valence electrons. The van der Waals surface area contributed by atoms with Gasteiger partial charge in [0.15, 0.2) is 0 Å². The molecule has 1 fully saturated rings. The summed E-state index contributed by atoms with van der Waals surface area (Å²) in [5, 5.41) is 13.0. The fourth-order valence-corrected chi connectivity index (χ4v) is 2.70. The maximum atomic E-state index is 13.1. The van der Waals surface area contributed by atoms with Crippen LogP contribution in [0.4, 0.5) is 4.39 Å². The summed E-state index contributed by atoms with van der Waals surface area (Å²) in [6, 6.07) is 11.3. The number of benzene rings is 2. The highest BCUT2D eigenvalue weighted by molar-refractivity contribution is 9.10. The van der Waals surface area contributed by atoms with Crippen LogP contribution in [0.2, 0.25) is 0 Å². The second-order valence-electron chi connectivity index (χ2n) is 5.06. The third-order valence-corrected chi connectivity index (χ3v) is 4.12. The number of carbonyl (C=O) groups excluding carboxylic acids is 2. The Morgan fingerprint density at radius 1 is 1.04 bits per heavy atom. The van der Waals surface area contributed by atoms with E-state index in [1.165, 1.54) is 24.3 Å². The Morgan fingerprint density at radius 2 is 1.65 bits per heavy atom. The Kier molecular flexibility index (Phi) is 4.00. The average Bonchev–Trinajstić information content (AvgIpc) is 2.84. The van der Waals surface area contributed by atoms with E-state index >= 15 is 0 Å². The molecule has 23 heavy (non-hydrogen) atoms. The molecular weight excluding hydrogens is 365 g/mol. The fraction of sp³-hybridized carbons (Fsp3) is 0.0588. The summed E-state index contributed by atoms with van der Waals surface area (Å²) in [6.07, 6.45) is 0. The van der Waals surface area contributed by atoms with Gasteiger partial charge in [0.05, 0.1) is 11.6 Å². The van der Waals surface area contributed by atoms with Crippen LogP contribution < -0.4 is 5.32 Å². The maximum Gasteiger partial charge on any atom is 0.293 e. The van der Waals surface area contributed by atoms with Gasteiger partial charge in [-0.2, -0.15) is 0 Å². The third-order valence-electron chi connectivity index (χ3n) is 3.59. The molecule has 0 bridgehead atoms. The van der Waals surface area contributed by atoms with Crippen molar-refractivity contribution in [2.45, 2.75) is 6.04 Å². The van der Waals surface area contributed by atoms with Gasteiger partial charge in [0.25, 0.3) is 11.7 Å². The van der Waals surface area contributed by atoms with Crippen molar-refractivity contribution >= 4 is 33.4 Å². The van der Waals surface area contributed by atoms with Crippen molar-refractivity contribution in [2.75, 3.05) is 0 Å². The fourth-order valence-electron chi connectivity index (χ4n) is 2.43. The minimum atomic E-state index is -0.806. The first-order valence-electron chi connectivity index (χ1n) is 6.77. The van der Waals surface area contributed by atoms with Crippen molar-refractivity contribution < 1.29 is 19.1 Å². The van der Waals surface area contributed by atoms with Crippen LogP contribution in [-0.2, 0) is 9.59 Å². The minimum absolute atomic E-state index is 0.0380. The van der Waals surface area contributed by atoms with Crippen molar-refractivity contribution in [1.82, 2.24) is 5.32 Å². The van der Waals surface area contributed by atoms with Gasteiger partial charge in [0.2, 0.25) is 0 Å². The van der Waals surface area contributed by atoms with Crippen LogP contribution in [0.25, 0.3) is 5.76 Å². The van der Waals surface area contributed by atoms with Gasteiger partial charge >= 0.3 is 0 Å². The summed E-state index contributed by atoms with van der Waals surface area (Å²) < 4.78 is 13.9. The third kappa shape index (κ3) is 2.90. The first kappa shape index (κ1) is 15.4. The predicted octanol–water partition coefficient (Wildman–Crippen LogP) is 3.30. The van der Waals surface area contributed by atoms with Crippen LogP contribution >= 0.6 is 15.9 Å². The molecule has 6 heteroatoms. The Labute approximate surface area is 139 Å². The Morgan fingerprint density at radius 3 is 2.26 bits per heavy atom. The van der Waals surface area contributed by atoms with Crippen LogP contribution in [0.1, 0.15) is 17.2 Å². The van der Waals surface area contributed by atoms with Crippen LogP contribution in [0, 0.1) is 5.82 Å². The molecular formula is C17H11BrFNO3. The van der Waals surface area contributed by atoms with Crippen molar-refractivity contribution in [1.29, 1.82) is 0 Å². The van der Waals surface area contributed by atoms with Gasteiger partial charge in [-0.05, 0) is 29.8 Å². The van der Waals surface area contributed by atoms with E-state index in [0.717, 1.165) is 4.47 Å². The zero-order valence-corrected chi connectivity index (χ0v) is 13.3. The molecule has 1 saturated heterocycles. The molecule has 1 unspecified atom stereocenters. The van der Waals surface area contributed by atoms with Crippen molar-refractivity contribution in [3.05, 3.63) is 75.5 Å². The lowest BCUT2D eigenvalue weighted by Gasteiger charge is -2.13. The molecule has 0 aliphatic carbocycles. The van der Waals surface area contributed by atoms with E-state index in [4.69, 9.17) is 0 Å². The number of carbonyl (C=O) groups is 2. The SMILES string of the molecule is O=C1NC(c2ccc(F)cc2)/C(=C(\O)c2ccc(Br)cc2)C1=O. The average molecular weight is 376 g/mol. The summed E-state index contributed by atoms with van der Waals surface area (Å²) in [4.78, 5) is 23.9. The number of ketones is 1. The molecule has 2 aromatic rings. The van der Waals surface area contributed by atoms with E-state index in [1.54, 1.807) is 24.3 Å². The number of rotatable bonds is 2. The zero-order valence-electron chi connectivity index (χ0n) is 11.7. The number of aliphatic hydroxyl groups is 1. The second kappa shape index (κ2) is 5.96. The van der Waals surface area contributed by atoms with Gasteiger partial charge in [-0.3, -0.25) is 9.59 Å². The van der Waals surface area contributed by atoms with Gasteiger partial charge in [-0.1, -0.05) is 40.2 Å². The highest BCUT2D eigenvalue weighted by atomic mass is 79.9. The monoisotopic (exact) mass is 375 g/mol. The summed E-state index contributed by atoms with van der Waals surface area (Å²) in [5.41, 5.74) is 0.897. The molecule has 3 rings (SSSR count). The molecule has 1 atom stereocenters. The lowest BCUT2D eigenvalue weighted by atomic mass is 9.96. The molecule has 2 N–H and O–H groups in total. The highest BCUT2D eigenvalue weighted by Crippen LogP contribution is 2.33. The Bertz CT molecular complexity index is 813. The van der Waals surface area contributed by atoms with Crippen LogP contribution in [-0.4, -0.2) is 16.8 Å². The molecule has 2 aromatic carbocycles. The van der Waals surface area contributed by atoms with E-state index in [2.05, 4.69) is 21.2 Å². The first-order valence-corrected chi connectivity index (χ1v) is 7.56. The van der Waals surface area contributed by atoms with Gasteiger partial charge < -0.3 is 10.4 Å². The number of aliphatic hydroxyl groups excluding tert-OH is 1. The van der Waals surface area contributed by atoms with E-state index in [9.17, 15) is 19.1 Å². The number of hydrogen-bond acceptors (Lipinski definition) is 3. The Hall–Kier alpha value is -2.47. The molecule has 1 aliphatic heterocycles. The topological polar surface area (TPSA) is 66.4 Å². The molecule has 0 aromatic heterocycles. The molecule has 4 nitrogen and oxygen atoms in total. The standard InChI is InChI=1S/C17H11BrFNO3/c18-11-5-1-10(2-6-11)15(21)13-14(20-17(23)16(13)22)9-3-7-12(19)8-4-9/h1-8,14,21H,(H,20,23)/b15-13+. The largest absolute Gasteiger partial charge is 0.507 e. The Balaban J connectivity index is 2.10. The lowest BCUT2D eigenvalue weighted by Crippen LogP contribution is -2.21. The minimum Gasteiger partial charge on any atom is -0.507 e. The summed E-state index contributed by atoms with van der Waals surface area (Å²) >= 11 is 3.29. The normalized spacial score (nSPS) is 19.7. The smallest absolute Gasteiger partial charge is 0.293 e. The number of amides is 1. The van der Waals surface area contributed by atoms with Crippen LogP contribution in [0.3, 0.4) is 0 Å². The van der Waals surface area contributed by atoms with E-state index in [1.807, 2.05) is 0 Å². The van der Waals surface area contributed by atoms with E-state index in [-0.39, 0.29) is 11.3 Å². The predicted molar refractivity (Wildman–Crippen MR) is 86.0 cm³/mol. The number of halogens is 2. The molecule has 0 saturated carbocycles. The first-order chi connectivity index (χ1) is 11.0. The van der Waals surface area contributed by atoms with E-state index in [0.29, 0.717) is 11.1 Å². The van der Waals surface area contributed by atoms with Gasteiger partial charge in [-0.15, -0.1) is 0 Å². The van der Waals surface area contributed by atoms with Crippen LogP contribution in [0.15, 0.2) is 58.6 Å². The zero-order chi connectivity index (χ0) is 16.6. The van der Waals surface area contributed by atoms with Crippen molar-refractivity contribution in [2.24, 2.45) is 0 Å². The summed E-state index contributed by atoms with van der Waals surface area (Å²) in [6.45, 7) is 0. The summed E-state index contributed by atoms with van der Waals surface area (Å²) in [5.74, 6) is -2.28. The molecule has 1 aliphatic rings. The summed E-state index contributed by atoms with van der Waals surface area (Å²) in [7, 11) is 0. The maximum absolute atomic E-state index is 13.1. The quantitative estimate of drug-likeness (QED) is 0.480. The van der Waals surface area contributed by atoms with Crippen molar-refractivity contribution in [3.8, 4) is 0 Å². The molecule has 0 spiro atoms. The van der Waals surface area contributed by atoms with Crippen LogP contribution in [0.5, 0.6) is 0 Å². The van der Waals surface area contributed by atoms with Gasteiger partial charge in [-0.25, -0.2) is 4.39 Å². The van der Waals surface area contributed by atoms with Gasteiger partial charge in [0.1, 0.15) is 11.6 Å². The molecule has 1 amide bonds. The molecule has 1 heterocycles. The van der Waals surface area contributed by atoms with Crippen molar-refractivity contribution in [3.63, 3.8) is 0 Å². The highest BCUT2D eigenvalue weighted by Gasteiger charge is 2.39.